The van der Waals surface area contributed by atoms with Crippen LogP contribution in [0.25, 0.3) is 10.1 Å². The average molecular weight is 473 g/mol. The highest BCUT2D eigenvalue weighted by atomic mass is 79.9. The molecular weight excluding hydrogens is 452 g/mol. The Balaban J connectivity index is 1.44. The minimum atomic E-state index is -0.432. The molecule has 0 unspecified atom stereocenters. The Labute approximate surface area is 182 Å². The maximum Gasteiger partial charge on any atom is 0.306 e. The van der Waals surface area contributed by atoms with Crippen molar-refractivity contribution < 1.29 is 19.1 Å². The second kappa shape index (κ2) is 8.28. The standard InChI is InChI=1S/C23H21BrO4S/c1-2-27-22(26)12-23(10-17(25)11-23)16-4-6-18(7-5-16)28-13-15-3-8-21-19(9-15)20(24)14-29-21/h3-9,14H,2,10-13H2,1H3. The smallest absolute Gasteiger partial charge is 0.306 e. The van der Waals surface area contributed by atoms with Gasteiger partial charge in [-0.3, -0.25) is 9.59 Å². The minimum absolute atomic E-state index is 0.185. The molecule has 3 aromatic rings. The third-order valence-corrected chi connectivity index (χ3v) is 7.24. The lowest BCUT2D eigenvalue weighted by atomic mass is 9.62. The highest BCUT2D eigenvalue weighted by Gasteiger charge is 2.46. The first kappa shape index (κ1) is 20.1. The number of esters is 1. The molecule has 0 aliphatic heterocycles. The maximum atomic E-state index is 12.0. The Kier molecular flexibility index (Phi) is 5.74. The van der Waals surface area contributed by atoms with Gasteiger partial charge < -0.3 is 9.47 Å². The summed E-state index contributed by atoms with van der Waals surface area (Å²) in [5, 5.41) is 3.28. The van der Waals surface area contributed by atoms with Crippen molar-refractivity contribution in [1.29, 1.82) is 0 Å². The van der Waals surface area contributed by atoms with E-state index in [-0.39, 0.29) is 18.2 Å². The third kappa shape index (κ3) is 4.23. The summed E-state index contributed by atoms with van der Waals surface area (Å²) in [6.07, 6.45) is 1.02. The molecule has 0 atom stereocenters. The molecule has 0 bridgehead atoms. The second-order valence-electron chi connectivity index (χ2n) is 7.38. The molecule has 2 aromatic carbocycles. The number of benzene rings is 2. The van der Waals surface area contributed by atoms with E-state index in [1.807, 2.05) is 24.3 Å². The van der Waals surface area contributed by atoms with Crippen molar-refractivity contribution in [3.63, 3.8) is 0 Å². The predicted molar refractivity (Wildman–Crippen MR) is 117 cm³/mol. The summed E-state index contributed by atoms with van der Waals surface area (Å²) in [5.41, 5.74) is 1.66. The lowest BCUT2D eigenvalue weighted by Gasteiger charge is -2.40. The largest absolute Gasteiger partial charge is 0.489 e. The van der Waals surface area contributed by atoms with Crippen LogP contribution in [-0.2, 0) is 26.3 Å². The first-order chi connectivity index (χ1) is 14.0. The summed E-state index contributed by atoms with van der Waals surface area (Å²) in [6.45, 7) is 2.62. The summed E-state index contributed by atoms with van der Waals surface area (Å²) in [6, 6.07) is 14.1. The van der Waals surface area contributed by atoms with Gasteiger partial charge in [-0.05, 0) is 58.2 Å². The lowest BCUT2D eigenvalue weighted by molar-refractivity contribution is -0.147. The first-order valence-electron chi connectivity index (χ1n) is 9.55. The molecule has 4 nitrogen and oxygen atoms in total. The molecule has 6 heteroatoms. The monoisotopic (exact) mass is 472 g/mol. The van der Waals surface area contributed by atoms with Gasteiger partial charge in [-0.1, -0.05) is 18.2 Å². The zero-order chi connectivity index (χ0) is 20.4. The van der Waals surface area contributed by atoms with Crippen molar-refractivity contribution in [2.45, 2.75) is 38.2 Å². The van der Waals surface area contributed by atoms with E-state index in [4.69, 9.17) is 9.47 Å². The van der Waals surface area contributed by atoms with E-state index in [1.165, 1.54) is 10.1 Å². The molecule has 1 saturated carbocycles. The summed E-state index contributed by atoms with van der Waals surface area (Å²) in [5.74, 6) is 0.690. The zero-order valence-electron chi connectivity index (χ0n) is 16.1. The van der Waals surface area contributed by atoms with Crippen molar-refractivity contribution in [2.24, 2.45) is 0 Å². The number of carbonyl (C=O) groups is 2. The molecule has 0 amide bonds. The lowest BCUT2D eigenvalue weighted by Crippen LogP contribution is -2.43. The molecule has 1 aliphatic rings. The van der Waals surface area contributed by atoms with Crippen LogP contribution >= 0.6 is 27.3 Å². The third-order valence-electron chi connectivity index (χ3n) is 5.32. The Morgan fingerprint density at radius 3 is 2.62 bits per heavy atom. The van der Waals surface area contributed by atoms with Crippen molar-refractivity contribution in [3.05, 3.63) is 63.4 Å². The Morgan fingerprint density at radius 1 is 1.17 bits per heavy atom. The van der Waals surface area contributed by atoms with Gasteiger partial charge in [0.1, 0.15) is 18.1 Å². The quantitative estimate of drug-likeness (QED) is 0.407. The molecule has 0 spiro atoms. The van der Waals surface area contributed by atoms with Gasteiger partial charge in [0.15, 0.2) is 0 Å². The zero-order valence-corrected chi connectivity index (χ0v) is 18.5. The van der Waals surface area contributed by atoms with Crippen LogP contribution in [0.15, 0.2) is 52.3 Å². The number of halogens is 1. The summed E-state index contributed by atoms with van der Waals surface area (Å²) >= 11 is 5.29. The fraction of sp³-hybridized carbons (Fsp3) is 0.304. The number of rotatable bonds is 7. The van der Waals surface area contributed by atoms with Crippen LogP contribution in [0.3, 0.4) is 0 Å². The van der Waals surface area contributed by atoms with Gasteiger partial charge in [0, 0.05) is 38.2 Å². The number of thiophene rings is 1. The fourth-order valence-electron chi connectivity index (χ4n) is 3.83. The molecule has 0 saturated heterocycles. The number of hydrogen-bond acceptors (Lipinski definition) is 5. The van der Waals surface area contributed by atoms with Crippen molar-refractivity contribution in [1.82, 2.24) is 0 Å². The van der Waals surface area contributed by atoms with Crippen molar-refractivity contribution >= 4 is 49.1 Å². The molecule has 4 rings (SSSR count). The molecule has 0 N–H and O–H groups in total. The summed E-state index contributed by atoms with van der Waals surface area (Å²) in [4.78, 5) is 23.7. The van der Waals surface area contributed by atoms with Gasteiger partial charge in [-0.25, -0.2) is 0 Å². The van der Waals surface area contributed by atoms with Gasteiger partial charge >= 0.3 is 5.97 Å². The van der Waals surface area contributed by atoms with E-state index in [9.17, 15) is 9.59 Å². The normalized spacial score (nSPS) is 15.2. The van der Waals surface area contributed by atoms with Crippen molar-refractivity contribution in [2.75, 3.05) is 6.61 Å². The van der Waals surface area contributed by atoms with Gasteiger partial charge in [0.2, 0.25) is 0 Å². The number of carbonyl (C=O) groups excluding carboxylic acids is 2. The van der Waals surface area contributed by atoms with E-state index in [2.05, 4.69) is 39.5 Å². The van der Waals surface area contributed by atoms with E-state index in [1.54, 1.807) is 18.3 Å². The van der Waals surface area contributed by atoms with Gasteiger partial charge in [0.05, 0.1) is 13.0 Å². The summed E-state index contributed by atoms with van der Waals surface area (Å²) in [7, 11) is 0. The number of Topliss-reactive ketones (excluding diaryl/α,β-unsaturated/α-hetero) is 1. The van der Waals surface area contributed by atoms with Crippen LogP contribution in [0.5, 0.6) is 5.75 Å². The predicted octanol–water partition coefficient (Wildman–Crippen LogP) is 5.80. The van der Waals surface area contributed by atoms with E-state index >= 15 is 0 Å². The average Bonchev–Trinajstić information content (AvgIpc) is 3.06. The molecule has 1 fully saturated rings. The van der Waals surface area contributed by atoms with Crippen LogP contribution in [0.4, 0.5) is 0 Å². The number of hydrogen-bond donors (Lipinski definition) is 0. The first-order valence-corrected chi connectivity index (χ1v) is 11.2. The molecule has 1 aromatic heterocycles. The van der Waals surface area contributed by atoms with Crippen LogP contribution in [0, 0.1) is 0 Å². The molecular formula is C23H21BrO4S. The second-order valence-corrected chi connectivity index (χ2v) is 9.15. The summed E-state index contributed by atoms with van der Waals surface area (Å²) < 4.78 is 13.4. The SMILES string of the molecule is CCOC(=O)CC1(c2ccc(OCc3ccc4scc(Br)c4c3)cc2)CC(=O)C1. The highest BCUT2D eigenvalue weighted by Crippen LogP contribution is 2.45. The molecule has 0 radical (unpaired) electrons. The van der Waals surface area contributed by atoms with E-state index in [0.29, 0.717) is 26.1 Å². The Morgan fingerprint density at radius 2 is 1.93 bits per heavy atom. The molecule has 29 heavy (non-hydrogen) atoms. The molecule has 1 heterocycles. The Bertz CT molecular complexity index is 1050. The van der Waals surface area contributed by atoms with Crippen LogP contribution in [0.1, 0.15) is 37.3 Å². The molecule has 150 valence electrons. The Hall–Kier alpha value is -2.18. The maximum absolute atomic E-state index is 12.0. The topological polar surface area (TPSA) is 52.6 Å². The van der Waals surface area contributed by atoms with Gasteiger partial charge in [-0.15, -0.1) is 11.3 Å². The van der Waals surface area contributed by atoms with Gasteiger partial charge in [0.25, 0.3) is 0 Å². The highest BCUT2D eigenvalue weighted by molar-refractivity contribution is 9.10. The van der Waals surface area contributed by atoms with Gasteiger partial charge in [-0.2, -0.15) is 0 Å². The van der Waals surface area contributed by atoms with Crippen molar-refractivity contribution in [3.8, 4) is 5.75 Å². The van der Waals surface area contributed by atoms with E-state index in [0.717, 1.165) is 21.3 Å². The number of fused-ring (bicyclic) bond motifs is 1. The van der Waals surface area contributed by atoms with Crippen LogP contribution < -0.4 is 4.74 Å². The number of ether oxygens (including phenoxy) is 2. The fourth-order valence-corrected chi connectivity index (χ4v) is 5.37. The van der Waals surface area contributed by atoms with Crippen LogP contribution in [0.2, 0.25) is 0 Å². The minimum Gasteiger partial charge on any atom is -0.489 e. The van der Waals surface area contributed by atoms with Crippen LogP contribution in [-0.4, -0.2) is 18.4 Å². The van der Waals surface area contributed by atoms with E-state index < -0.39 is 5.41 Å². The number of ketones is 1. The molecule has 1 aliphatic carbocycles.